The van der Waals surface area contributed by atoms with Gasteiger partial charge in [0.15, 0.2) is 0 Å². The fourth-order valence-electron chi connectivity index (χ4n) is 0.862. The van der Waals surface area contributed by atoms with E-state index >= 15 is 0 Å². The lowest BCUT2D eigenvalue weighted by Crippen LogP contribution is -2.12. The Balaban J connectivity index is 2.34. The Bertz CT molecular complexity index is 174. The first-order chi connectivity index (χ1) is 6.29. The molecular weight excluding hydrogens is 208 g/mol. The molecule has 5 heteroatoms. The summed E-state index contributed by atoms with van der Waals surface area (Å²) >= 11 is 3.47. The monoisotopic (exact) mass is 220 g/mol. The van der Waals surface area contributed by atoms with Gasteiger partial charge in [-0.15, -0.1) is 0 Å². The van der Waals surface area contributed by atoms with Crippen molar-refractivity contribution in [2.45, 2.75) is 12.8 Å². The highest BCUT2D eigenvalue weighted by Gasteiger charge is 2.11. The SMILES string of the molecule is O=C1CCSCCSCCC(=O)O1. The molecule has 74 valence electrons. The van der Waals surface area contributed by atoms with Crippen molar-refractivity contribution < 1.29 is 14.3 Å². The van der Waals surface area contributed by atoms with Gasteiger partial charge < -0.3 is 4.74 Å². The predicted molar refractivity (Wildman–Crippen MR) is 55.0 cm³/mol. The first-order valence-corrected chi connectivity index (χ1v) is 6.49. The summed E-state index contributed by atoms with van der Waals surface area (Å²) < 4.78 is 4.58. The zero-order chi connectivity index (χ0) is 9.52. The molecule has 0 aliphatic carbocycles. The lowest BCUT2D eigenvalue weighted by atomic mass is 10.5. The zero-order valence-electron chi connectivity index (χ0n) is 7.28. The maximum absolute atomic E-state index is 11.0. The number of ether oxygens (including phenoxy) is 1. The van der Waals surface area contributed by atoms with E-state index in [-0.39, 0.29) is 11.9 Å². The maximum atomic E-state index is 11.0. The molecule has 0 atom stereocenters. The molecule has 1 aliphatic heterocycles. The van der Waals surface area contributed by atoms with Crippen molar-refractivity contribution in [2.24, 2.45) is 0 Å². The van der Waals surface area contributed by atoms with Gasteiger partial charge in [0.05, 0.1) is 12.8 Å². The van der Waals surface area contributed by atoms with Crippen LogP contribution in [-0.2, 0) is 14.3 Å². The van der Waals surface area contributed by atoms with Gasteiger partial charge >= 0.3 is 11.9 Å². The van der Waals surface area contributed by atoms with E-state index in [1.54, 1.807) is 23.5 Å². The van der Waals surface area contributed by atoms with E-state index < -0.39 is 0 Å². The third-order valence-corrected chi connectivity index (χ3v) is 3.73. The highest BCUT2D eigenvalue weighted by atomic mass is 32.2. The van der Waals surface area contributed by atoms with Gasteiger partial charge in [-0.25, -0.2) is 0 Å². The summed E-state index contributed by atoms with van der Waals surface area (Å²) in [6.45, 7) is 0. The van der Waals surface area contributed by atoms with Crippen molar-refractivity contribution in [3.05, 3.63) is 0 Å². The van der Waals surface area contributed by atoms with Crippen LogP contribution in [0.15, 0.2) is 0 Å². The van der Waals surface area contributed by atoms with Crippen LogP contribution in [0.2, 0.25) is 0 Å². The molecule has 0 aromatic heterocycles. The van der Waals surface area contributed by atoms with Crippen LogP contribution >= 0.6 is 23.5 Å². The molecule has 0 radical (unpaired) electrons. The second-order valence-corrected chi connectivity index (χ2v) is 5.02. The van der Waals surface area contributed by atoms with Crippen molar-refractivity contribution in [3.63, 3.8) is 0 Å². The highest BCUT2D eigenvalue weighted by molar-refractivity contribution is 8.02. The number of carbonyl (C=O) groups excluding carboxylic acids is 2. The molecule has 0 aromatic carbocycles. The van der Waals surface area contributed by atoms with E-state index in [9.17, 15) is 9.59 Å². The molecule has 0 saturated carbocycles. The van der Waals surface area contributed by atoms with Gasteiger partial charge in [-0.05, 0) is 0 Å². The second-order valence-electron chi connectivity index (χ2n) is 2.57. The Labute approximate surface area is 86.0 Å². The molecule has 0 amide bonds. The minimum absolute atomic E-state index is 0.348. The van der Waals surface area contributed by atoms with E-state index in [4.69, 9.17) is 0 Å². The minimum Gasteiger partial charge on any atom is -0.393 e. The third kappa shape index (κ3) is 5.21. The maximum Gasteiger partial charge on any atom is 0.314 e. The number of rotatable bonds is 0. The lowest BCUT2D eigenvalue weighted by molar-refractivity contribution is -0.158. The molecule has 1 rings (SSSR count). The van der Waals surface area contributed by atoms with Gasteiger partial charge in [0, 0.05) is 23.0 Å². The quantitative estimate of drug-likeness (QED) is 0.455. The van der Waals surface area contributed by atoms with E-state index in [2.05, 4.69) is 4.74 Å². The molecule has 1 saturated heterocycles. The summed E-state index contributed by atoms with van der Waals surface area (Å²) in [7, 11) is 0. The molecule has 0 bridgehead atoms. The average Bonchev–Trinajstić information content (AvgIpc) is 2.11. The Morgan fingerprint density at radius 1 is 0.846 bits per heavy atom. The smallest absolute Gasteiger partial charge is 0.314 e. The van der Waals surface area contributed by atoms with E-state index in [0.717, 1.165) is 23.0 Å². The normalized spacial score (nSPS) is 21.8. The van der Waals surface area contributed by atoms with Crippen molar-refractivity contribution in [2.75, 3.05) is 23.0 Å². The molecule has 13 heavy (non-hydrogen) atoms. The standard InChI is InChI=1S/C8H12O3S2/c9-7-1-3-12-5-6-13-4-2-8(10)11-7/h1-6H2. The van der Waals surface area contributed by atoms with Gasteiger partial charge in [-0.3, -0.25) is 9.59 Å². The van der Waals surface area contributed by atoms with Gasteiger partial charge in [-0.2, -0.15) is 23.5 Å². The Morgan fingerprint density at radius 2 is 1.31 bits per heavy atom. The van der Waals surface area contributed by atoms with E-state index in [1.807, 2.05) is 0 Å². The van der Waals surface area contributed by atoms with Crippen LogP contribution in [0.25, 0.3) is 0 Å². The molecule has 1 heterocycles. The highest BCUT2D eigenvalue weighted by Crippen LogP contribution is 2.11. The van der Waals surface area contributed by atoms with Crippen molar-refractivity contribution in [1.29, 1.82) is 0 Å². The van der Waals surface area contributed by atoms with Gasteiger partial charge in [0.2, 0.25) is 0 Å². The summed E-state index contributed by atoms with van der Waals surface area (Å²) in [6, 6.07) is 0. The topological polar surface area (TPSA) is 43.4 Å². The summed E-state index contributed by atoms with van der Waals surface area (Å²) in [5.41, 5.74) is 0. The molecule has 0 spiro atoms. The first kappa shape index (κ1) is 10.9. The molecule has 3 nitrogen and oxygen atoms in total. The number of cyclic esters (lactones) is 2. The number of hydrogen-bond donors (Lipinski definition) is 0. The van der Waals surface area contributed by atoms with Crippen LogP contribution < -0.4 is 0 Å². The number of esters is 2. The number of carbonyl (C=O) groups is 2. The summed E-state index contributed by atoms with van der Waals surface area (Å²) in [5, 5.41) is 0. The summed E-state index contributed by atoms with van der Waals surface area (Å²) in [5.74, 6) is 2.84. The van der Waals surface area contributed by atoms with Crippen LogP contribution in [0.5, 0.6) is 0 Å². The number of thioether (sulfide) groups is 2. The molecule has 0 unspecified atom stereocenters. The van der Waals surface area contributed by atoms with Crippen molar-refractivity contribution >= 4 is 35.5 Å². The second kappa shape index (κ2) is 6.32. The molecular formula is C8H12O3S2. The van der Waals surface area contributed by atoms with Crippen LogP contribution in [0, 0.1) is 0 Å². The molecule has 1 fully saturated rings. The largest absolute Gasteiger partial charge is 0.393 e. The minimum atomic E-state index is -0.385. The molecule has 0 aromatic rings. The predicted octanol–water partition coefficient (Wildman–Crippen LogP) is 1.32. The molecule has 0 N–H and O–H groups in total. The Morgan fingerprint density at radius 3 is 1.77 bits per heavy atom. The van der Waals surface area contributed by atoms with Crippen LogP contribution in [0.4, 0.5) is 0 Å². The average molecular weight is 220 g/mol. The van der Waals surface area contributed by atoms with Crippen molar-refractivity contribution in [3.8, 4) is 0 Å². The van der Waals surface area contributed by atoms with Crippen LogP contribution in [-0.4, -0.2) is 35.0 Å². The van der Waals surface area contributed by atoms with Crippen LogP contribution in [0.3, 0.4) is 0 Å². The number of hydrogen-bond acceptors (Lipinski definition) is 5. The van der Waals surface area contributed by atoms with Gasteiger partial charge in [0.1, 0.15) is 0 Å². The lowest BCUT2D eigenvalue weighted by Gasteiger charge is -1.99. The van der Waals surface area contributed by atoms with Crippen molar-refractivity contribution in [1.82, 2.24) is 0 Å². The van der Waals surface area contributed by atoms with Gasteiger partial charge in [0.25, 0.3) is 0 Å². The van der Waals surface area contributed by atoms with Gasteiger partial charge in [-0.1, -0.05) is 0 Å². The Kier molecular flexibility index (Phi) is 5.31. The first-order valence-electron chi connectivity index (χ1n) is 4.18. The van der Waals surface area contributed by atoms with E-state index in [0.29, 0.717) is 12.8 Å². The fourth-order valence-corrected chi connectivity index (χ4v) is 2.84. The Hall–Kier alpha value is -0.160. The fraction of sp³-hybridized carbons (Fsp3) is 0.750. The van der Waals surface area contributed by atoms with Crippen LogP contribution in [0.1, 0.15) is 12.8 Å². The zero-order valence-corrected chi connectivity index (χ0v) is 8.92. The van der Waals surface area contributed by atoms with E-state index in [1.165, 1.54) is 0 Å². The molecule has 1 aliphatic rings. The third-order valence-electron chi connectivity index (χ3n) is 1.50. The summed E-state index contributed by atoms with van der Waals surface area (Å²) in [6.07, 6.45) is 0.697. The summed E-state index contributed by atoms with van der Waals surface area (Å²) in [4.78, 5) is 21.9.